The third-order valence-electron chi connectivity index (χ3n) is 4.02. The van der Waals surface area contributed by atoms with Gasteiger partial charge in [-0.3, -0.25) is 9.98 Å². The smallest absolute Gasteiger partial charge is 0.375 e. The van der Waals surface area contributed by atoms with Crippen molar-refractivity contribution < 1.29 is 19.4 Å². The molecule has 0 saturated heterocycles. The van der Waals surface area contributed by atoms with Gasteiger partial charge in [-0.1, -0.05) is 0 Å². The van der Waals surface area contributed by atoms with E-state index in [0.29, 0.717) is 34.2 Å². The molecule has 8 heteroatoms. The number of aliphatic imine (C=N–C) groups is 1. The Hall–Kier alpha value is -3.29. The van der Waals surface area contributed by atoms with Crippen LogP contribution in [-0.2, 0) is 9.53 Å². The summed E-state index contributed by atoms with van der Waals surface area (Å²) >= 11 is 0. The number of phenolic OH excluding ortho intramolecular Hbond substituents is 1. The van der Waals surface area contributed by atoms with Crippen LogP contribution in [0.2, 0.25) is 0 Å². The van der Waals surface area contributed by atoms with Gasteiger partial charge in [-0.15, -0.1) is 0 Å². The van der Waals surface area contributed by atoms with Gasteiger partial charge in [-0.25, -0.2) is 4.79 Å². The number of aromatic hydroxyl groups is 1. The fourth-order valence-corrected chi connectivity index (χ4v) is 3.06. The van der Waals surface area contributed by atoms with E-state index in [1.807, 2.05) is 0 Å². The highest BCUT2D eigenvalue weighted by Gasteiger charge is 2.41. The highest BCUT2D eigenvalue weighted by Crippen LogP contribution is 2.47. The molecule has 0 fully saturated rings. The number of hydrogen-bond donors (Lipinski definition) is 3. The first kappa shape index (κ1) is 14.3. The quantitative estimate of drug-likeness (QED) is 0.428. The summed E-state index contributed by atoms with van der Waals surface area (Å²) < 4.78 is 11.1. The molecular weight excluding hydrogens is 312 g/mol. The number of esters is 1. The molecule has 0 bridgehead atoms. The van der Waals surface area contributed by atoms with Crippen molar-refractivity contribution in [3.05, 3.63) is 35.7 Å². The lowest BCUT2D eigenvalue weighted by Crippen LogP contribution is -2.23. The lowest BCUT2D eigenvalue weighted by Gasteiger charge is -2.21. The van der Waals surface area contributed by atoms with Gasteiger partial charge in [-0.05, 0) is 18.2 Å². The van der Waals surface area contributed by atoms with Crippen LogP contribution in [0, 0.1) is 0 Å². The lowest BCUT2D eigenvalue weighted by molar-refractivity contribution is -0.141. The van der Waals surface area contributed by atoms with Gasteiger partial charge in [-0.2, -0.15) is 0 Å². The van der Waals surface area contributed by atoms with Crippen LogP contribution >= 0.6 is 0 Å². The number of hydrogen-bond acceptors (Lipinski definition) is 6. The van der Waals surface area contributed by atoms with Crippen LogP contribution in [0.5, 0.6) is 11.5 Å². The van der Waals surface area contributed by atoms with Gasteiger partial charge in [0.1, 0.15) is 17.6 Å². The summed E-state index contributed by atoms with van der Waals surface area (Å²) in [6.07, 6.45) is 1.36. The molecule has 1 atom stereocenters. The number of nitrogens with two attached hydrogens (primary N) is 2. The van der Waals surface area contributed by atoms with E-state index < -0.39 is 12.1 Å². The zero-order valence-electron chi connectivity index (χ0n) is 12.5. The lowest BCUT2D eigenvalue weighted by atomic mass is 9.92. The Morgan fingerprint density at radius 2 is 2.17 bits per heavy atom. The second kappa shape index (κ2) is 5.12. The maximum Gasteiger partial charge on any atom is 0.375 e. The predicted octanol–water partition coefficient (Wildman–Crippen LogP) is 0.633. The Morgan fingerprint density at radius 3 is 2.96 bits per heavy atom. The molecule has 0 radical (unpaired) electrons. The summed E-state index contributed by atoms with van der Waals surface area (Å²) in [5, 5.41) is 11.0. The van der Waals surface area contributed by atoms with E-state index in [2.05, 4.69) is 9.98 Å². The number of benzene rings is 1. The zero-order valence-corrected chi connectivity index (χ0v) is 12.5. The van der Waals surface area contributed by atoms with E-state index in [1.165, 1.54) is 0 Å². The molecule has 2 aliphatic rings. The molecule has 0 aliphatic carbocycles. The normalized spacial score (nSPS) is 18.2. The van der Waals surface area contributed by atoms with Gasteiger partial charge in [0, 0.05) is 24.7 Å². The standard InChI is InChI=1S/C16H14N4O4/c17-16(18)20-6-4-10-13-12-8(21)2-1-7-11(12)9(3-5-19-7)23-14(13)15(22)24-10/h1-3,5,10,21H,4,6H2,(H4,17,18,20). The topological polar surface area (TPSA) is 133 Å². The van der Waals surface area contributed by atoms with Crippen LogP contribution in [0.1, 0.15) is 12.0 Å². The van der Waals surface area contributed by atoms with Crippen LogP contribution in [0.15, 0.2) is 35.1 Å². The first-order valence-electron chi connectivity index (χ1n) is 7.35. The van der Waals surface area contributed by atoms with Gasteiger partial charge < -0.3 is 26.0 Å². The number of cyclic esters (lactones) is 1. The van der Waals surface area contributed by atoms with Crippen LogP contribution in [-0.4, -0.2) is 34.7 Å². The van der Waals surface area contributed by atoms with Gasteiger partial charge in [0.05, 0.1) is 16.5 Å². The maximum atomic E-state index is 12.2. The van der Waals surface area contributed by atoms with E-state index in [1.54, 1.807) is 24.4 Å². The van der Waals surface area contributed by atoms with E-state index >= 15 is 0 Å². The minimum absolute atomic E-state index is 0.0343. The molecule has 4 rings (SSSR count). The molecular formula is C16H14N4O4. The fraction of sp³-hybridized carbons (Fsp3) is 0.188. The molecule has 2 aliphatic heterocycles. The summed E-state index contributed by atoms with van der Waals surface area (Å²) in [7, 11) is 0. The Bertz CT molecular complexity index is 931. The average Bonchev–Trinajstić information content (AvgIpc) is 2.86. The average molecular weight is 326 g/mol. The molecule has 0 saturated carbocycles. The second-order valence-electron chi connectivity index (χ2n) is 5.50. The number of pyridine rings is 1. The molecule has 1 aromatic carbocycles. The zero-order chi connectivity index (χ0) is 16.8. The highest BCUT2D eigenvalue weighted by atomic mass is 16.6. The van der Waals surface area contributed by atoms with Crippen molar-refractivity contribution in [1.29, 1.82) is 0 Å². The molecule has 2 aromatic rings. The Kier molecular flexibility index (Phi) is 3.05. The molecule has 1 unspecified atom stereocenters. The van der Waals surface area contributed by atoms with Crippen LogP contribution in [0.25, 0.3) is 16.5 Å². The number of carbonyl (C=O) groups is 1. The van der Waals surface area contributed by atoms with Crippen molar-refractivity contribution in [2.24, 2.45) is 16.5 Å². The highest BCUT2D eigenvalue weighted by molar-refractivity contribution is 6.10. The molecule has 24 heavy (non-hydrogen) atoms. The van der Waals surface area contributed by atoms with E-state index in [0.717, 1.165) is 0 Å². The van der Waals surface area contributed by atoms with Gasteiger partial charge in [0.25, 0.3) is 0 Å². The molecule has 3 heterocycles. The first-order valence-corrected chi connectivity index (χ1v) is 7.35. The van der Waals surface area contributed by atoms with E-state index in [-0.39, 0.29) is 24.0 Å². The number of ether oxygens (including phenoxy) is 2. The molecule has 122 valence electrons. The maximum absolute atomic E-state index is 12.2. The van der Waals surface area contributed by atoms with Crippen molar-refractivity contribution >= 4 is 28.4 Å². The van der Waals surface area contributed by atoms with E-state index in [9.17, 15) is 9.90 Å². The molecule has 0 spiro atoms. The summed E-state index contributed by atoms with van der Waals surface area (Å²) in [5.74, 6) is -0.0122. The van der Waals surface area contributed by atoms with Gasteiger partial charge in [0.15, 0.2) is 5.96 Å². The third kappa shape index (κ3) is 2.03. The molecule has 5 N–H and O–H groups in total. The number of guanidine groups is 1. The Labute approximate surface area is 136 Å². The number of nitrogens with zero attached hydrogens (tertiary/aromatic N) is 2. The summed E-state index contributed by atoms with van der Waals surface area (Å²) in [6.45, 7) is 0.285. The number of carbonyl (C=O) groups excluding carboxylic acids is 1. The second-order valence-corrected chi connectivity index (χ2v) is 5.50. The monoisotopic (exact) mass is 326 g/mol. The minimum atomic E-state index is -0.597. The molecule has 1 aromatic heterocycles. The van der Waals surface area contributed by atoms with Crippen LogP contribution in [0.3, 0.4) is 0 Å². The van der Waals surface area contributed by atoms with Gasteiger partial charge >= 0.3 is 5.97 Å². The number of aromatic nitrogens is 1. The number of rotatable bonds is 3. The largest absolute Gasteiger partial charge is 0.507 e. The van der Waals surface area contributed by atoms with Gasteiger partial charge in [0.2, 0.25) is 5.76 Å². The Balaban J connectivity index is 1.85. The summed E-state index contributed by atoms with van der Waals surface area (Å²) in [4.78, 5) is 20.4. The first-order chi connectivity index (χ1) is 11.6. The van der Waals surface area contributed by atoms with Crippen molar-refractivity contribution in [3.8, 4) is 11.5 Å². The van der Waals surface area contributed by atoms with Crippen molar-refractivity contribution in [2.45, 2.75) is 12.5 Å². The molecule has 0 amide bonds. The third-order valence-corrected chi connectivity index (χ3v) is 4.02. The summed E-state index contributed by atoms with van der Waals surface area (Å²) in [5.41, 5.74) is 12.3. The Morgan fingerprint density at radius 1 is 1.33 bits per heavy atom. The minimum Gasteiger partial charge on any atom is -0.507 e. The van der Waals surface area contributed by atoms with Crippen LogP contribution < -0.4 is 16.2 Å². The van der Waals surface area contributed by atoms with Crippen molar-refractivity contribution in [1.82, 2.24) is 4.98 Å². The van der Waals surface area contributed by atoms with Crippen molar-refractivity contribution in [3.63, 3.8) is 0 Å². The van der Waals surface area contributed by atoms with E-state index in [4.69, 9.17) is 20.9 Å². The fourth-order valence-electron chi connectivity index (χ4n) is 3.06. The number of phenols is 1. The van der Waals surface area contributed by atoms with Crippen molar-refractivity contribution in [2.75, 3.05) is 6.54 Å². The SMILES string of the molecule is NC(N)=NCCC1OC(=O)C2=C1c1c(O)ccc3nccc(c13)O2. The predicted molar refractivity (Wildman–Crippen MR) is 86.1 cm³/mol. The number of fused-ring (bicyclic) bond motifs is 1. The van der Waals surface area contributed by atoms with Crippen LogP contribution in [0.4, 0.5) is 0 Å². The summed E-state index contributed by atoms with van der Waals surface area (Å²) in [6, 6.07) is 4.88. The molecule has 8 nitrogen and oxygen atoms in total.